The molecule has 0 radical (unpaired) electrons. The van der Waals surface area contributed by atoms with E-state index in [4.69, 9.17) is 10.5 Å². The SMILES string of the molecule is COc1ccc(CN(C)c2cc3ncc(-c4cc(N)c(F)c(F)c4)cc3cn2)cc1. The number of hydrogen-bond acceptors (Lipinski definition) is 5. The first kappa shape index (κ1) is 19.6. The Morgan fingerprint density at radius 2 is 1.73 bits per heavy atom. The van der Waals surface area contributed by atoms with Gasteiger partial charge < -0.3 is 15.4 Å². The second kappa shape index (κ2) is 7.94. The van der Waals surface area contributed by atoms with Crippen LogP contribution in [0.15, 0.2) is 60.9 Å². The van der Waals surface area contributed by atoms with Crippen molar-refractivity contribution >= 4 is 22.4 Å². The number of pyridine rings is 2. The summed E-state index contributed by atoms with van der Waals surface area (Å²) in [6, 6.07) is 14.1. The van der Waals surface area contributed by atoms with E-state index in [2.05, 4.69) is 9.97 Å². The first-order valence-electron chi connectivity index (χ1n) is 9.29. The van der Waals surface area contributed by atoms with Crippen molar-refractivity contribution in [2.45, 2.75) is 6.54 Å². The number of ether oxygens (including phenoxy) is 1. The predicted octanol–water partition coefficient (Wildman–Crippen LogP) is 4.80. The highest BCUT2D eigenvalue weighted by molar-refractivity contribution is 5.85. The van der Waals surface area contributed by atoms with Crippen LogP contribution >= 0.6 is 0 Å². The lowest BCUT2D eigenvalue weighted by atomic mass is 10.0. The topological polar surface area (TPSA) is 64.3 Å². The smallest absolute Gasteiger partial charge is 0.181 e. The van der Waals surface area contributed by atoms with E-state index in [1.165, 1.54) is 6.07 Å². The normalized spacial score (nSPS) is 10.9. The first-order chi connectivity index (χ1) is 14.4. The highest BCUT2D eigenvalue weighted by Crippen LogP contribution is 2.28. The molecule has 0 saturated heterocycles. The molecule has 7 heteroatoms. The second-order valence-corrected chi connectivity index (χ2v) is 7.02. The lowest BCUT2D eigenvalue weighted by Gasteiger charge is -2.18. The van der Waals surface area contributed by atoms with Crippen molar-refractivity contribution in [3.8, 4) is 16.9 Å². The van der Waals surface area contributed by atoms with Crippen molar-refractivity contribution in [1.82, 2.24) is 9.97 Å². The Morgan fingerprint density at radius 1 is 0.967 bits per heavy atom. The van der Waals surface area contributed by atoms with E-state index in [1.54, 1.807) is 19.5 Å². The maximum Gasteiger partial charge on any atom is 0.181 e. The van der Waals surface area contributed by atoms with Crippen LogP contribution in [0.5, 0.6) is 5.75 Å². The highest BCUT2D eigenvalue weighted by Gasteiger charge is 2.11. The summed E-state index contributed by atoms with van der Waals surface area (Å²) in [6.07, 6.45) is 3.33. The molecule has 0 atom stereocenters. The summed E-state index contributed by atoms with van der Waals surface area (Å²) in [5, 5.41) is 0.789. The lowest BCUT2D eigenvalue weighted by Crippen LogP contribution is -2.17. The maximum absolute atomic E-state index is 13.7. The predicted molar refractivity (Wildman–Crippen MR) is 114 cm³/mol. The van der Waals surface area contributed by atoms with Gasteiger partial charge in [0.05, 0.1) is 18.3 Å². The molecule has 4 rings (SSSR count). The molecule has 0 aliphatic carbocycles. The van der Waals surface area contributed by atoms with Crippen LogP contribution in [0.4, 0.5) is 20.3 Å². The molecule has 0 amide bonds. The van der Waals surface area contributed by atoms with Gasteiger partial charge in [0.1, 0.15) is 11.6 Å². The minimum Gasteiger partial charge on any atom is -0.497 e. The zero-order valence-electron chi connectivity index (χ0n) is 16.6. The van der Waals surface area contributed by atoms with Crippen LogP contribution in [-0.2, 0) is 6.54 Å². The monoisotopic (exact) mass is 406 g/mol. The number of methoxy groups -OCH3 is 1. The Hall–Kier alpha value is -3.74. The van der Waals surface area contributed by atoms with E-state index in [-0.39, 0.29) is 5.69 Å². The third-order valence-corrected chi connectivity index (χ3v) is 4.91. The fourth-order valence-electron chi connectivity index (χ4n) is 3.24. The van der Waals surface area contributed by atoms with Gasteiger partial charge in [0, 0.05) is 43.0 Å². The molecule has 2 heterocycles. The molecule has 0 unspecified atom stereocenters. The number of hydrogen-bond donors (Lipinski definition) is 1. The van der Waals surface area contributed by atoms with Gasteiger partial charge in [-0.15, -0.1) is 0 Å². The standard InChI is InChI=1S/C23H20F2N4O/c1-29(13-14-3-5-18(30-2)6-4-14)22-10-21-17(12-28-22)7-16(11-27-21)15-8-19(24)23(25)20(26)9-15/h3-12H,13,26H2,1-2H3. The minimum absolute atomic E-state index is 0.237. The fraction of sp³-hybridized carbons (Fsp3) is 0.130. The van der Waals surface area contributed by atoms with Gasteiger partial charge in [-0.05, 0) is 41.5 Å². The number of fused-ring (bicyclic) bond motifs is 1. The minimum atomic E-state index is -1.04. The molecular formula is C23H20F2N4O. The molecule has 0 spiro atoms. The van der Waals surface area contributed by atoms with E-state index in [0.717, 1.165) is 34.1 Å². The largest absolute Gasteiger partial charge is 0.497 e. The average Bonchev–Trinajstić information content (AvgIpc) is 2.76. The van der Waals surface area contributed by atoms with Crippen LogP contribution < -0.4 is 15.4 Å². The van der Waals surface area contributed by atoms with Crippen molar-refractivity contribution in [3.63, 3.8) is 0 Å². The summed E-state index contributed by atoms with van der Waals surface area (Å²) in [5.41, 5.74) is 8.28. The number of nitrogen functional groups attached to an aromatic ring is 1. The van der Waals surface area contributed by atoms with Gasteiger partial charge in [0.2, 0.25) is 0 Å². The van der Waals surface area contributed by atoms with Gasteiger partial charge in [-0.25, -0.2) is 13.8 Å². The van der Waals surface area contributed by atoms with Crippen LogP contribution in [-0.4, -0.2) is 24.1 Å². The number of halogens is 2. The van der Waals surface area contributed by atoms with Crippen molar-refractivity contribution in [2.24, 2.45) is 0 Å². The average molecular weight is 406 g/mol. The summed E-state index contributed by atoms with van der Waals surface area (Å²) in [6.45, 7) is 0.675. The van der Waals surface area contributed by atoms with Gasteiger partial charge in [-0.2, -0.15) is 0 Å². The van der Waals surface area contributed by atoms with Gasteiger partial charge in [0.25, 0.3) is 0 Å². The van der Waals surface area contributed by atoms with E-state index in [1.807, 2.05) is 48.3 Å². The zero-order chi connectivity index (χ0) is 21.3. The number of nitrogens with two attached hydrogens (primary N) is 1. The zero-order valence-corrected chi connectivity index (χ0v) is 16.6. The Kier molecular flexibility index (Phi) is 5.18. The summed E-state index contributed by atoms with van der Waals surface area (Å²) >= 11 is 0. The Labute approximate surface area is 172 Å². The molecule has 2 N–H and O–H groups in total. The van der Waals surface area contributed by atoms with Gasteiger partial charge in [-0.1, -0.05) is 12.1 Å². The van der Waals surface area contributed by atoms with Crippen LogP contribution in [0.1, 0.15) is 5.56 Å². The summed E-state index contributed by atoms with van der Waals surface area (Å²) in [5.74, 6) is -0.443. The van der Waals surface area contributed by atoms with Gasteiger partial charge in [-0.3, -0.25) is 4.98 Å². The second-order valence-electron chi connectivity index (χ2n) is 7.02. The van der Waals surface area contributed by atoms with Crippen LogP contribution in [0.2, 0.25) is 0 Å². The molecule has 152 valence electrons. The van der Waals surface area contributed by atoms with Crippen molar-refractivity contribution in [1.29, 1.82) is 0 Å². The summed E-state index contributed by atoms with van der Waals surface area (Å²) in [7, 11) is 3.59. The van der Waals surface area contributed by atoms with Crippen LogP contribution in [0.3, 0.4) is 0 Å². The molecule has 0 aliphatic heterocycles. The summed E-state index contributed by atoms with van der Waals surface area (Å²) < 4.78 is 32.3. The summed E-state index contributed by atoms with van der Waals surface area (Å²) in [4.78, 5) is 11.0. The lowest BCUT2D eigenvalue weighted by molar-refractivity contribution is 0.414. The molecule has 5 nitrogen and oxygen atoms in total. The van der Waals surface area contributed by atoms with Gasteiger partial charge in [0.15, 0.2) is 11.6 Å². The molecule has 30 heavy (non-hydrogen) atoms. The quantitative estimate of drug-likeness (QED) is 0.482. The Morgan fingerprint density at radius 3 is 2.43 bits per heavy atom. The van der Waals surface area contributed by atoms with E-state index >= 15 is 0 Å². The molecule has 0 saturated carbocycles. The van der Waals surface area contributed by atoms with Crippen molar-refractivity contribution in [3.05, 3.63) is 78.1 Å². The Bertz CT molecular complexity index is 1190. The van der Waals surface area contributed by atoms with Crippen molar-refractivity contribution < 1.29 is 13.5 Å². The third kappa shape index (κ3) is 3.87. The third-order valence-electron chi connectivity index (χ3n) is 4.91. The van der Waals surface area contributed by atoms with Crippen LogP contribution in [0, 0.1) is 11.6 Å². The number of nitrogens with zero attached hydrogens (tertiary/aromatic N) is 3. The number of rotatable bonds is 5. The fourth-order valence-corrected chi connectivity index (χ4v) is 3.24. The first-order valence-corrected chi connectivity index (χ1v) is 9.29. The van der Waals surface area contributed by atoms with Gasteiger partial charge >= 0.3 is 0 Å². The van der Waals surface area contributed by atoms with E-state index < -0.39 is 11.6 Å². The molecule has 0 fully saturated rings. The molecule has 4 aromatic rings. The van der Waals surface area contributed by atoms with Crippen LogP contribution in [0.25, 0.3) is 22.0 Å². The van der Waals surface area contributed by atoms with E-state index in [9.17, 15) is 8.78 Å². The maximum atomic E-state index is 13.7. The number of anilines is 2. The Balaban J connectivity index is 1.59. The molecule has 2 aromatic heterocycles. The van der Waals surface area contributed by atoms with E-state index in [0.29, 0.717) is 17.7 Å². The molecular weight excluding hydrogens is 386 g/mol. The number of aromatic nitrogens is 2. The molecule has 2 aromatic carbocycles. The molecule has 0 aliphatic rings. The highest BCUT2D eigenvalue weighted by atomic mass is 19.2. The number of benzene rings is 2. The van der Waals surface area contributed by atoms with Crippen molar-refractivity contribution in [2.75, 3.05) is 24.8 Å². The molecule has 0 bridgehead atoms.